The van der Waals surface area contributed by atoms with Crippen LogP contribution in [0.4, 0.5) is 5.69 Å². The summed E-state index contributed by atoms with van der Waals surface area (Å²) in [5, 5.41) is 0.535. The lowest BCUT2D eigenvalue weighted by Gasteiger charge is -2.34. The number of piperazine rings is 1. The maximum atomic E-state index is 13.6. The molecular formula is C23H24ClN3O2. The largest absolute Gasteiger partial charge is 0.364 e. The van der Waals surface area contributed by atoms with Crippen LogP contribution in [0.1, 0.15) is 16.7 Å². The number of likely N-dealkylation sites (N-methyl/N-ethyl adjacent to an activating group) is 1. The van der Waals surface area contributed by atoms with E-state index in [-0.39, 0.29) is 11.8 Å². The summed E-state index contributed by atoms with van der Waals surface area (Å²) in [4.78, 5) is 32.7. The van der Waals surface area contributed by atoms with Crippen molar-refractivity contribution in [2.24, 2.45) is 0 Å². The van der Waals surface area contributed by atoms with Crippen LogP contribution in [-0.4, -0.2) is 54.8 Å². The van der Waals surface area contributed by atoms with Crippen molar-refractivity contribution in [3.05, 3.63) is 69.9 Å². The van der Waals surface area contributed by atoms with Crippen LogP contribution in [0.5, 0.6) is 0 Å². The number of halogens is 1. The number of benzene rings is 2. The lowest BCUT2D eigenvalue weighted by molar-refractivity contribution is -0.120. The molecule has 0 spiro atoms. The van der Waals surface area contributed by atoms with E-state index in [1.54, 1.807) is 18.2 Å². The van der Waals surface area contributed by atoms with Gasteiger partial charge in [0.15, 0.2) is 0 Å². The summed E-state index contributed by atoms with van der Waals surface area (Å²) in [6, 6.07) is 13.1. The van der Waals surface area contributed by atoms with Gasteiger partial charge in [-0.3, -0.25) is 9.59 Å². The summed E-state index contributed by atoms with van der Waals surface area (Å²) in [7, 11) is 2.07. The minimum atomic E-state index is -0.293. The summed E-state index contributed by atoms with van der Waals surface area (Å²) >= 11 is 6.28. The van der Waals surface area contributed by atoms with Crippen molar-refractivity contribution in [3.63, 3.8) is 0 Å². The standard InChI is InChI=1S/C23H24ClN3O2/c1-15-7-9-17(10-8-15)20-21(26-13-11-25(3)12-14-26)23(29)27(22(20)28)19-6-4-5-18(24)16(19)2/h4-10H,11-14H2,1-3H3. The van der Waals surface area contributed by atoms with Crippen LogP contribution < -0.4 is 4.90 Å². The van der Waals surface area contributed by atoms with Crippen LogP contribution in [0.2, 0.25) is 5.02 Å². The number of carbonyl (C=O) groups excluding carboxylic acids is 2. The number of rotatable bonds is 3. The number of nitrogens with zero attached hydrogens (tertiary/aromatic N) is 3. The van der Waals surface area contributed by atoms with E-state index >= 15 is 0 Å². The minimum absolute atomic E-state index is 0.277. The molecule has 5 nitrogen and oxygen atoms in total. The zero-order valence-electron chi connectivity index (χ0n) is 16.9. The van der Waals surface area contributed by atoms with Crippen molar-refractivity contribution < 1.29 is 9.59 Å². The maximum Gasteiger partial charge on any atom is 0.282 e. The second-order valence-electron chi connectivity index (χ2n) is 7.71. The highest BCUT2D eigenvalue weighted by atomic mass is 35.5. The predicted octanol–water partition coefficient (Wildman–Crippen LogP) is 3.49. The number of amides is 2. The van der Waals surface area contributed by atoms with Crippen molar-refractivity contribution in [1.82, 2.24) is 9.80 Å². The van der Waals surface area contributed by atoms with Gasteiger partial charge in [0.2, 0.25) is 0 Å². The predicted molar refractivity (Wildman–Crippen MR) is 116 cm³/mol. The summed E-state index contributed by atoms with van der Waals surface area (Å²) < 4.78 is 0. The number of carbonyl (C=O) groups is 2. The van der Waals surface area contributed by atoms with E-state index in [1.807, 2.05) is 38.1 Å². The van der Waals surface area contributed by atoms with Crippen LogP contribution in [0.25, 0.3) is 5.57 Å². The van der Waals surface area contributed by atoms with Gasteiger partial charge in [-0.05, 0) is 44.2 Å². The van der Waals surface area contributed by atoms with Gasteiger partial charge in [-0.25, -0.2) is 4.90 Å². The molecule has 2 aromatic carbocycles. The van der Waals surface area contributed by atoms with Gasteiger partial charge in [0, 0.05) is 31.2 Å². The zero-order chi connectivity index (χ0) is 20.7. The molecule has 150 valence electrons. The van der Waals surface area contributed by atoms with E-state index in [1.165, 1.54) is 4.90 Å². The van der Waals surface area contributed by atoms with E-state index in [4.69, 9.17) is 11.6 Å². The van der Waals surface area contributed by atoms with Gasteiger partial charge >= 0.3 is 0 Å². The Hall–Kier alpha value is -2.63. The van der Waals surface area contributed by atoms with Crippen molar-refractivity contribution in [2.45, 2.75) is 13.8 Å². The quantitative estimate of drug-likeness (QED) is 0.728. The summed E-state index contributed by atoms with van der Waals surface area (Å²) in [6.45, 7) is 6.95. The Labute approximate surface area is 176 Å². The second-order valence-corrected chi connectivity index (χ2v) is 8.12. The molecular weight excluding hydrogens is 386 g/mol. The highest BCUT2D eigenvalue weighted by Gasteiger charge is 2.43. The van der Waals surface area contributed by atoms with Crippen LogP contribution in [0, 0.1) is 13.8 Å². The molecule has 29 heavy (non-hydrogen) atoms. The molecule has 0 aromatic heterocycles. The number of aryl methyl sites for hydroxylation is 1. The fourth-order valence-electron chi connectivity index (χ4n) is 3.88. The van der Waals surface area contributed by atoms with Gasteiger partial charge in [-0.1, -0.05) is 47.5 Å². The Kier molecular flexibility index (Phi) is 5.19. The first-order valence-electron chi connectivity index (χ1n) is 9.77. The SMILES string of the molecule is Cc1ccc(C2=C(N3CCN(C)CC3)C(=O)N(c3cccc(Cl)c3C)C2=O)cc1. The molecule has 2 aliphatic rings. The van der Waals surface area contributed by atoms with Crippen LogP contribution in [0.15, 0.2) is 48.2 Å². The van der Waals surface area contributed by atoms with E-state index in [9.17, 15) is 9.59 Å². The van der Waals surface area contributed by atoms with E-state index in [0.717, 1.165) is 29.8 Å². The van der Waals surface area contributed by atoms with Gasteiger partial charge in [0.25, 0.3) is 11.8 Å². The molecule has 1 saturated heterocycles. The first-order chi connectivity index (χ1) is 13.9. The molecule has 0 radical (unpaired) electrons. The fourth-order valence-corrected chi connectivity index (χ4v) is 4.05. The lowest BCUT2D eigenvalue weighted by Crippen LogP contribution is -2.46. The lowest BCUT2D eigenvalue weighted by atomic mass is 10.0. The Morgan fingerprint density at radius 1 is 0.862 bits per heavy atom. The summed E-state index contributed by atoms with van der Waals surface area (Å²) in [5.41, 5.74) is 4.10. The third kappa shape index (κ3) is 3.45. The Bertz CT molecular complexity index is 1010. The number of hydrogen-bond donors (Lipinski definition) is 0. The topological polar surface area (TPSA) is 43.9 Å². The molecule has 0 N–H and O–H groups in total. The van der Waals surface area contributed by atoms with Gasteiger partial charge in [0.05, 0.1) is 11.3 Å². The highest BCUT2D eigenvalue weighted by Crippen LogP contribution is 2.37. The van der Waals surface area contributed by atoms with Crippen molar-refractivity contribution in [2.75, 3.05) is 38.1 Å². The molecule has 0 aliphatic carbocycles. The van der Waals surface area contributed by atoms with Gasteiger partial charge in [-0.15, -0.1) is 0 Å². The van der Waals surface area contributed by atoms with Crippen molar-refractivity contribution in [3.8, 4) is 0 Å². The van der Waals surface area contributed by atoms with Crippen LogP contribution in [0.3, 0.4) is 0 Å². The zero-order valence-corrected chi connectivity index (χ0v) is 17.7. The fraction of sp³-hybridized carbons (Fsp3) is 0.304. The Balaban J connectivity index is 1.83. The molecule has 0 bridgehead atoms. The molecule has 2 amide bonds. The van der Waals surface area contributed by atoms with E-state index in [0.29, 0.717) is 35.1 Å². The molecule has 2 aromatic rings. The van der Waals surface area contributed by atoms with Crippen LogP contribution in [-0.2, 0) is 9.59 Å². The first-order valence-corrected chi connectivity index (χ1v) is 10.1. The number of imide groups is 1. The monoisotopic (exact) mass is 409 g/mol. The molecule has 1 fully saturated rings. The number of anilines is 1. The molecule has 4 rings (SSSR count). The third-order valence-electron chi connectivity index (χ3n) is 5.70. The first kappa shape index (κ1) is 19.7. The van der Waals surface area contributed by atoms with Crippen molar-refractivity contribution >= 4 is 34.7 Å². The van der Waals surface area contributed by atoms with Crippen LogP contribution >= 0.6 is 11.6 Å². The second kappa shape index (κ2) is 7.65. The van der Waals surface area contributed by atoms with Crippen molar-refractivity contribution in [1.29, 1.82) is 0 Å². The molecule has 0 saturated carbocycles. The van der Waals surface area contributed by atoms with Gasteiger partial charge < -0.3 is 9.80 Å². The summed E-state index contributed by atoms with van der Waals surface area (Å²) in [5.74, 6) is -0.571. The molecule has 6 heteroatoms. The molecule has 2 heterocycles. The normalized spacial score (nSPS) is 18.2. The highest BCUT2D eigenvalue weighted by molar-refractivity contribution is 6.46. The average molecular weight is 410 g/mol. The smallest absolute Gasteiger partial charge is 0.282 e. The average Bonchev–Trinajstić information content (AvgIpc) is 2.96. The molecule has 2 aliphatic heterocycles. The van der Waals surface area contributed by atoms with E-state index < -0.39 is 0 Å². The van der Waals surface area contributed by atoms with Gasteiger partial charge in [-0.2, -0.15) is 0 Å². The molecule has 0 atom stereocenters. The summed E-state index contributed by atoms with van der Waals surface area (Å²) in [6.07, 6.45) is 0. The molecule has 0 unspecified atom stereocenters. The maximum absolute atomic E-state index is 13.6. The van der Waals surface area contributed by atoms with E-state index in [2.05, 4.69) is 16.8 Å². The third-order valence-corrected chi connectivity index (χ3v) is 6.11. The Morgan fingerprint density at radius 2 is 1.52 bits per heavy atom. The minimum Gasteiger partial charge on any atom is -0.364 e. The Morgan fingerprint density at radius 3 is 2.17 bits per heavy atom. The van der Waals surface area contributed by atoms with Gasteiger partial charge in [0.1, 0.15) is 5.70 Å². The number of hydrogen-bond acceptors (Lipinski definition) is 4.